The molecule has 0 aliphatic carbocycles. The van der Waals surface area contributed by atoms with Crippen LogP contribution in [0.5, 0.6) is 0 Å². The molecule has 8 rings (SSSR count). The molecular formula is C32H44N12O10Se2. The van der Waals surface area contributed by atoms with E-state index in [0.717, 1.165) is 0 Å². The van der Waals surface area contributed by atoms with Crippen molar-refractivity contribution in [3.63, 3.8) is 0 Å². The molecular weight excluding hydrogens is 870 g/mol. The Bertz CT molecular complexity index is 1960. The van der Waals surface area contributed by atoms with Gasteiger partial charge in [-0.15, -0.1) is 0 Å². The fraction of sp³-hybridized carbons (Fsp3) is 0.625. The Kier molecular flexibility index (Phi) is 13.0. The van der Waals surface area contributed by atoms with Crippen molar-refractivity contribution in [2.45, 2.75) is 71.4 Å². The van der Waals surface area contributed by atoms with E-state index >= 15 is 0 Å². The Morgan fingerprint density at radius 1 is 0.696 bits per heavy atom. The molecule has 304 valence electrons. The van der Waals surface area contributed by atoms with Gasteiger partial charge < -0.3 is 0 Å². The summed E-state index contributed by atoms with van der Waals surface area (Å²) < 4.78 is 37.3. The van der Waals surface area contributed by atoms with Crippen LogP contribution < -0.4 is 11.5 Å². The zero-order valence-electron chi connectivity index (χ0n) is 30.6. The normalized spacial score (nSPS) is 28.0. The van der Waals surface area contributed by atoms with Crippen molar-refractivity contribution >= 4 is 76.1 Å². The first-order valence-electron chi connectivity index (χ1n) is 17.8. The number of fused-ring (bicyclic) bond motifs is 2. The third kappa shape index (κ3) is 8.35. The number of nitrogens with two attached hydrogens (primary N) is 2. The van der Waals surface area contributed by atoms with E-state index in [4.69, 9.17) is 39.9 Å². The summed E-state index contributed by atoms with van der Waals surface area (Å²) in [5.74, 6) is 4.63. The predicted molar refractivity (Wildman–Crippen MR) is 197 cm³/mol. The van der Waals surface area contributed by atoms with Crippen molar-refractivity contribution < 1.29 is 48.2 Å². The summed E-state index contributed by atoms with van der Waals surface area (Å²) in [6.07, 6.45) is -1.35. The zero-order valence-corrected chi connectivity index (χ0v) is 34.0. The van der Waals surface area contributed by atoms with E-state index < -0.39 is 61.3 Å². The van der Waals surface area contributed by atoms with Gasteiger partial charge in [-0.3, -0.25) is 0 Å². The molecule has 0 spiro atoms. The molecule has 22 nitrogen and oxygen atoms in total. The maximum absolute atomic E-state index is 12.6. The number of aliphatic hydroxyl groups excluding tert-OH is 2. The molecule has 8 atom stereocenters. The quantitative estimate of drug-likeness (QED) is 0.160. The Hall–Kier alpha value is -3.96. The monoisotopic (exact) mass is 916 g/mol. The molecule has 2 unspecified atom stereocenters. The van der Waals surface area contributed by atoms with Gasteiger partial charge in [-0.2, -0.15) is 0 Å². The Balaban J connectivity index is 0.000000172. The van der Waals surface area contributed by atoms with Crippen LogP contribution in [0.1, 0.15) is 12.5 Å². The Morgan fingerprint density at radius 2 is 1.16 bits per heavy atom. The number of ether oxygens (including phenoxy) is 6. The third-order valence-corrected chi connectivity index (χ3v) is 12.4. The molecule has 2 amide bonds. The molecule has 0 radical (unpaired) electrons. The molecule has 4 fully saturated rings. The number of hydrogen-bond acceptors (Lipinski definition) is 18. The first-order valence-corrected chi connectivity index (χ1v) is 23.6. The number of nitrogens with zero attached hydrogens (tertiary/aromatic N) is 10. The van der Waals surface area contributed by atoms with Crippen molar-refractivity contribution in [3.8, 4) is 0 Å². The maximum atomic E-state index is 12.6. The third-order valence-electron chi connectivity index (χ3n) is 9.62. The summed E-state index contributed by atoms with van der Waals surface area (Å²) in [6.45, 7) is 3.72. The molecule has 0 saturated carbocycles. The van der Waals surface area contributed by atoms with E-state index in [0.29, 0.717) is 85.6 Å². The summed E-state index contributed by atoms with van der Waals surface area (Å²) in [7, 11) is 0. The fourth-order valence-corrected chi connectivity index (χ4v) is 9.27. The summed E-state index contributed by atoms with van der Waals surface area (Å²) in [5, 5.41) is 23.1. The number of imidazole rings is 2. The molecule has 8 heterocycles. The van der Waals surface area contributed by atoms with Crippen LogP contribution in [0.3, 0.4) is 0 Å². The first-order chi connectivity index (χ1) is 27.2. The summed E-state index contributed by atoms with van der Waals surface area (Å²) in [6, 6.07) is 0. The van der Waals surface area contributed by atoms with Crippen LogP contribution in [0.4, 0.5) is 21.2 Å². The van der Waals surface area contributed by atoms with E-state index in [9.17, 15) is 19.8 Å². The van der Waals surface area contributed by atoms with E-state index in [1.54, 1.807) is 18.9 Å². The van der Waals surface area contributed by atoms with Crippen molar-refractivity contribution in [1.82, 2.24) is 48.8 Å². The topological polar surface area (TPSA) is 276 Å². The number of carbonyl (C=O) groups is 2. The van der Waals surface area contributed by atoms with E-state index in [2.05, 4.69) is 41.5 Å². The second kappa shape index (κ2) is 18.1. The number of aliphatic hydroxyl groups is 2. The van der Waals surface area contributed by atoms with E-state index in [1.807, 2.05) is 0 Å². The number of aromatic nitrogens is 8. The van der Waals surface area contributed by atoms with Crippen LogP contribution in [-0.4, -0.2) is 190 Å². The average Bonchev–Trinajstić information content (AvgIpc) is 3.99. The van der Waals surface area contributed by atoms with Crippen LogP contribution in [0.25, 0.3) is 22.3 Å². The van der Waals surface area contributed by atoms with Crippen LogP contribution in [0.15, 0.2) is 25.3 Å². The minimum absolute atomic E-state index is 0.248. The number of hydrogen-bond donors (Lipinski definition) is 4. The number of morpholine rings is 2. The SMILES string of the molecule is C[Se]C[C@H]1O[C@@H](n2cnc3c(N)ncnc32)[C@@H](O)C1OC(=O)N1CCOCC1.C[Se]C[C@H]1O[C@@H](n2cnc3c(N)ncnc32)[C@@H](OC(=O)N2CCOCC2)C1O. The molecule has 4 aromatic rings. The molecule has 4 aromatic heterocycles. The van der Waals surface area contributed by atoms with Crippen LogP contribution in [0, 0.1) is 0 Å². The molecule has 4 saturated heterocycles. The van der Waals surface area contributed by atoms with Crippen LogP contribution in [-0.2, 0) is 28.4 Å². The summed E-state index contributed by atoms with van der Waals surface area (Å²) >= 11 is 0.551. The number of amides is 2. The summed E-state index contributed by atoms with van der Waals surface area (Å²) in [4.78, 5) is 53.1. The molecule has 0 aromatic carbocycles. The van der Waals surface area contributed by atoms with Gasteiger partial charge in [-0.1, -0.05) is 0 Å². The number of carbonyl (C=O) groups excluding carboxylic acids is 2. The molecule has 24 heteroatoms. The number of anilines is 2. The van der Waals surface area contributed by atoms with Gasteiger partial charge in [-0.25, -0.2) is 0 Å². The molecule has 0 bridgehead atoms. The van der Waals surface area contributed by atoms with Crippen molar-refractivity contribution in [3.05, 3.63) is 25.3 Å². The van der Waals surface area contributed by atoms with Gasteiger partial charge in [0, 0.05) is 0 Å². The molecule has 4 aliphatic rings. The van der Waals surface area contributed by atoms with Gasteiger partial charge in [0.25, 0.3) is 0 Å². The summed E-state index contributed by atoms with van der Waals surface area (Å²) in [5.41, 5.74) is 13.5. The van der Waals surface area contributed by atoms with Gasteiger partial charge in [0.05, 0.1) is 0 Å². The van der Waals surface area contributed by atoms with E-state index in [-0.39, 0.29) is 41.5 Å². The molecule has 56 heavy (non-hydrogen) atoms. The van der Waals surface area contributed by atoms with Crippen molar-refractivity contribution in [2.24, 2.45) is 0 Å². The van der Waals surface area contributed by atoms with Gasteiger partial charge >= 0.3 is 334 Å². The van der Waals surface area contributed by atoms with Crippen molar-refractivity contribution in [2.75, 3.05) is 64.1 Å². The molecule has 4 aliphatic heterocycles. The van der Waals surface area contributed by atoms with E-state index in [1.165, 1.54) is 25.3 Å². The van der Waals surface area contributed by atoms with Crippen LogP contribution in [0.2, 0.25) is 22.3 Å². The Labute approximate surface area is 332 Å². The van der Waals surface area contributed by atoms with Crippen molar-refractivity contribution in [1.29, 1.82) is 0 Å². The van der Waals surface area contributed by atoms with Gasteiger partial charge in [0.15, 0.2) is 0 Å². The standard InChI is InChI=1S/2C16H22N6O5Se/c1-28-6-9-12(27-16(24)21-2-4-25-5-3-21)11(23)15(26-9)22-8-20-10-13(17)18-7-19-14(10)22;1-28-6-9-11(23)12(27-16(24)21-2-4-25-5-3-21)15(26-9)22-8-20-10-13(17)18-7-19-14(10)22/h2*7-9,11-12,15,23H,2-6H2,1H3,(H2,17,18,19)/t9-,11+,12?,15-;9-,11?,12+,15-/m11/s1. The molecule has 6 N–H and O–H groups in total. The van der Waals surface area contributed by atoms with Crippen LogP contribution >= 0.6 is 0 Å². The minimum atomic E-state index is -1.06. The Morgan fingerprint density at radius 3 is 1.68 bits per heavy atom. The zero-order chi connectivity index (χ0) is 39.3. The average molecular weight is 915 g/mol. The predicted octanol–water partition coefficient (Wildman–Crippen LogP) is -0.650. The number of rotatable bonds is 8. The second-order valence-electron chi connectivity index (χ2n) is 13.1. The number of nitrogen functional groups attached to an aromatic ring is 2. The first kappa shape index (κ1) is 40.2. The second-order valence-corrected chi connectivity index (χ2v) is 16.9. The van der Waals surface area contributed by atoms with Gasteiger partial charge in [0.2, 0.25) is 0 Å². The fourth-order valence-electron chi connectivity index (χ4n) is 6.75. The van der Waals surface area contributed by atoms with Gasteiger partial charge in [0.1, 0.15) is 0 Å². The van der Waals surface area contributed by atoms with Gasteiger partial charge in [-0.05, 0) is 0 Å².